The lowest BCUT2D eigenvalue weighted by atomic mass is 9.99. The normalized spacial score (nSPS) is 19.5. The van der Waals surface area contributed by atoms with Gasteiger partial charge in [-0.05, 0) is 31.2 Å². The molecule has 0 saturated carbocycles. The number of carbonyl (C=O) groups excluding carboxylic acids is 2. The maximum atomic E-state index is 13.4. The first-order chi connectivity index (χ1) is 18.0. The topological polar surface area (TPSA) is 147 Å². The molecule has 0 fully saturated rings. The lowest BCUT2D eigenvalue weighted by Gasteiger charge is -2.38. The number of benzene rings is 2. The fraction of sp³-hybridized carbons (Fsp3) is 0.440. The maximum Gasteiger partial charge on any atom is 0.321 e. The summed E-state index contributed by atoms with van der Waals surface area (Å²) in [5.74, 6) is 0.527. The SMILES string of the molecule is C[C@H](CO)N1C[C@H](C)[C@H](CN(C)C(=O)Nc2ccc3c(c2)OCO3)Oc2c(NS(C)(=O)=O)cccc2C1=O. The summed E-state index contributed by atoms with van der Waals surface area (Å²) in [5, 5.41) is 12.6. The highest BCUT2D eigenvalue weighted by Crippen LogP contribution is 2.36. The molecule has 12 nitrogen and oxygen atoms in total. The van der Waals surface area contributed by atoms with E-state index in [4.69, 9.17) is 14.2 Å². The molecule has 3 N–H and O–H groups in total. The number of ether oxygens (including phenoxy) is 3. The monoisotopic (exact) mass is 548 g/mol. The molecule has 2 aromatic carbocycles. The van der Waals surface area contributed by atoms with Crippen molar-refractivity contribution in [2.45, 2.75) is 26.0 Å². The first kappa shape index (κ1) is 27.3. The van der Waals surface area contributed by atoms with Gasteiger partial charge in [0, 0.05) is 31.3 Å². The van der Waals surface area contributed by atoms with E-state index in [1.54, 1.807) is 44.3 Å². The number of para-hydroxylation sites is 1. The highest BCUT2D eigenvalue weighted by atomic mass is 32.2. The van der Waals surface area contributed by atoms with Gasteiger partial charge in [-0.25, -0.2) is 13.2 Å². The minimum atomic E-state index is -3.68. The molecule has 0 unspecified atom stereocenters. The van der Waals surface area contributed by atoms with Crippen LogP contribution in [0, 0.1) is 5.92 Å². The molecule has 4 rings (SSSR count). The van der Waals surface area contributed by atoms with E-state index in [0.717, 1.165) is 6.26 Å². The van der Waals surface area contributed by atoms with Crippen LogP contribution in [-0.2, 0) is 10.0 Å². The molecular formula is C25H32N4O8S. The van der Waals surface area contributed by atoms with Crippen molar-refractivity contribution in [2.75, 3.05) is 49.8 Å². The number of nitrogens with one attached hydrogen (secondary N) is 2. The molecule has 0 bridgehead atoms. The first-order valence-corrected chi connectivity index (χ1v) is 14.0. The number of sulfonamides is 1. The summed E-state index contributed by atoms with van der Waals surface area (Å²) in [6.07, 6.45) is 0.385. The lowest BCUT2D eigenvalue weighted by Crippen LogP contribution is -2.50. The Morgan fingerprint density at radius 1 is 1.24 bits per heavy atom. The standard InChI is InChI=1S/C25H32N4O8S/c1-15-11-29(16(2)13-30)24(31)18-6-5-7-19(27-38(4,33)34)23(18)37-22(15)12-28(3)25(32)26-17-8-9-20-21(10-17)36-14-35-20/h5-10,15-16,22,27,30H,11-14H2,1-4H3,(H,26,32)/t15-,16+,22-/m0/s1. The molecule has 2 aromatic rings. The van der Waals surface area contributed by atoms with Gasteiger partial charge in [0.25, 0.3) is 5.91 Å². The Balaban J connectivity index is 1.61. The van der Waals surface area contributed by atoms with Gasteiger partial charge in [0.1, 0.15) is 6.10 Å². The summed E-state index contributed by atoms with van der Waals surface area (Å²) in [6.45, 7) is 3.85. The van der Waals surface area contributed by atoms with Gasteiger partial charge >= 0.3 is 6.03 Å². The molecule has 3 atom stereocenters. The van der Waals surface area contributed by atoms with E-state index in [1.165, 1.54) is 15.9 Å². The van der Waals surface area contributed by atoms with Crippen LogP contribution in [0.1, 0.15) is 24.2 Å². The second-order valence-corrected chi connectivity index (χ2v) is 11.3. The number of urea groups is 1. The molecule has 2 aliphatic rings. The number of anilines is 2. The molecule has 38 heavy (non-hydrogen) atoms. The van der Waals surface area contributed by atoms with Crippen molar-refractivity contribution in [3.8, 4) is 17.2 Å². The number of rotatable bonds is 7. The Morgan fingerprint density at radius 3 is 2.68 bits per heavy atom. The predicted octanol–water partition coefficient (Wildman–Crippen LogP) is 2.17. The Hall–Kier alpha value is -3.71. The van der Waals surface area contributed by atoms with Crippen LogP contribution in [0.2, 0.25) is 0 Å². The van der Waals surface area contributed by atoms with E-state index in [2.05, 4.69) is 10.0 Å². The number of nitrogens with zero attached hydrogens (tertiary/aromatic N) is 2. The minimum absolute atomic E-state index is 0.0687. The molecule has 3 amide bonds. The van der Waals surface area contributed by atoms with Crippen molar-refractivity contribution in [3.63, 3.8) is 0 Å². The Labute approximate surface area is 221 Å². The average Bonchev–Trinajstić information content (AvgIpc) is 3.33. The quantitative estimate of drug-likeness (QED) is 0.477. The number of hydrogen-bond donors (Lipinski definition) is 3. The Morgan fingerprint density at radius 2 is 1.97 bits per heavy atom. The van der Waals surface area contributed by atoms with Crippen molar-refractivity contribution < 1.29 is 37.3 Å². The molecule has 2 heterocycles. The fourth-order valence-electron chi connectivity index (χ4n) is 4.29. The van der Waals surface area contributed by atoms with Crippen LogP contribution >= 0.6 is 0 Å². The van der Waals surface area contributed by atoms with Gasteiger partial charge < -0.3 is 34.4 Å². The third-order valence-electron chi connectivity index (χ3n) is 6.41. The van der Waals surface area contributed by atoms with Crippen molar-refractivity contribution in [2.24, 2.45) is 5.92 Å². The van der Waals surface area contributed by atoms with Crippen molar-refractivity contribution >= 4 is 33.3 Å². The summed E-state index contributed by atoms with van der Waals surface area (Å²) in [5.41, 5.74) is 0.793. The number of fused-ring (bicyclic) bond motifs is 2. The molecule has 0 radical (unpaired) electrons. The van der Waals surface area contributed by atoms with E-state index in [1.807, 2.05) is 6.92 Å². The highest BCUT2D eigenvalue weighted by Gasteiger charge is 2.35. The summed E-state index contributed by atoms with van der Waals surface area (Å²) in [7, 11) is -2.07. The predicted molar refractivity (Wildman–Crippen MR) is 140 cm³/mol. The molecule has 0 saturated heterocycles. The number of carbonyl (C=O) groups is 2. The van der Waals surface area contributed by atoms with Crippen LogP contribution in [0.3, 0.4) is 0 Å². The number of amides is 3. The number of aliphatic hydroxyl groups is 1. The fourth-order valence-corrected chi connectivity index (χ4v) is 4.85. The molecule has 0 spiro atoms. The third-order valence-corrected chi connectivity index (χ3v) is 7.00. The zero-order valence-electron chi connectivity index (χ0n) is 21.6. The van der Waals surface area contributed by atoms with Crippen LogP contribution in [0.25, 0.3) is 0 Å². The first-order valence-electron chi connectivity index (χ1n) is 12.1. The Kier molecular flexibility index (Phi) is 7.88. The van der Waals surface area contributed by atoms with E-state index >= 15 is 0 Å². The maximum absolute atomic E-state index is 13.4. The van der Waals surface area contributed by atoms with Crippen molar-refractivity contribution in [1.82, 2.24) is 9.80 Å². The van der Waals surface area contributed by atoms with Crippen LogP contribution in [0.15, 0.2) is 36.4 Å². The summed E-state index contributed by atoms with van der Waals surface area (Å²) in [6, 6.07) is 8.79. The summed E-state index contributed by atoms with van der Waals surface area (Å²) >= 11 is 0. The molecule has 13 heteroatoms. The van der Waals surface area contributed by atoms with Crippen LogP contribution in [-0.4, -0.2) is 87.2 Å². The smallest absolute Gasteiger partial charge is 0.321 e. The molecule has 0 aromatic heterocycles. The Bertz CT molecular complexity index is 1320. The largest absolute Gasteiger partial charge is 0.485 e. The van der Waals surface area contributed by atoms with Crippen molar-refractivity contribution in [1.29, 1.82) is 0 Å². The van der Waals surface area contributed by atoms with Crippen LogP contribution in [0.5, 0.6) is 17.2 Å². The van der Waals surface area contributed by atoms with Gasteiger partial charge in [-0.3, -0.25) is 9.52 Å². The van der Waals surface area contributed by atoms with Gasteiger partial charge in [0.05, 0.1) is 36.7 Å². The zero-order chi connectivity index (χ0) is 27.6. The number of likely N-dealkylation sites (N-methyl/N-ethyl adjacent to an activating group) is 1. The minimum Gasteiger partial charge on any atom is -0.485 e. The third kappa shape index (κ3) is 6.05. The van der Waals surface area contributed by atoms with Crippen molar-refractivity contribution in [3.05, 3.63) is 42.0 Å². The van der Waals surface area contributed by atoms with Gasteiger partial charge in [-0.15, -0.1) is 0 Å². The van der Waals surface area contributed by atoms with Crippen LogP contribution < -0.4 is 24.2 Å². The molecule has 0 aliphatic carbocycles. The van der Waals surface area contributed by atoms with E-state index in [-0.39, 0.29) is 49.4 Å². The molecule has 206 valence electrons. The van der Waals surface area contributed by atoms with E-state index in [0.29, 0.717) is 17.2 Å². The average molecular weight is 549 g/mol. The van der Waals surface area contributed by atoms with Gasteiger partial charge in [-0.1, -0.05) is 13.0 Å². The van der Waals surface area contributed by atoms with E-state index in [9.17, 15) is 23.1 Å². The van der Waals surface area contributed by atoms with Gasteiger partial charge in [0.15, 0.2) is 17.2 Å². The number of hydrogen-bond acceptors (Lipinski definition) is 8. The second kappa shape index (κ2) is 11.0. The van der Waals surface area contributed by atoms with Gasteiger partial charge in [0.2, 0.25) is 16.8 Å². The molecule has 2 aliphatic heterocycles. The summed E-state index contributed by atoms with van der Waals surface area (Å²) < 4.78 is 43.4. The zero-order valence-corrected chi connectivity index (χ0v) is 22.4. The summed E-state index contributed by atoms with van der Waals surface area (Å²) in [4.78, 5) is 29.4. The highest BCUT2D eigenvalue weighted by molar-refractivity contribution is 7.92. The molecular weight excluding hydrogens is 516 g/mol. The second-order valence-electron chi connectivity index (χ2n) is 9.56. The number of aliphatic hydroxyl groups excluding tert-OH is 1. The van der Waals surface area contributed by atoms with Gasteiger partial charge in [-0.2, -0.15) is 0 Å². The van der Waals surface area contributed by atoms with Crippen LogP contribution in [0.4, 0.5) is 16.2 Å². The lowest BCUT2D eigenvalue weighted by molar-refractivity contribution is 0.0373. The van der Waals surface area contributed by atoms with E-state index < -0.39 is 34.1 Å².